The molecule has 2 aromatic heterocycles. The van der Waals surface area contributed by atoms with Crippen LogP contribution in [0.4, 0.5) is 0 Å². The largest absolute Gasteiger partial charge is 0.352 e. The van der Waals surface area contributed by atoms with Gasteiger partial charge in [0.1, 0.15) is 12.2 Å². The van der Waals surface area contributed by atoms with Crippen LogP contribution >= 0.6 is 0 Å². The molecule has 0 amide bonds. The lowest BCUT2D eigenvalue weighted by Gasteiger charge is -2.04. The van der Waals surface area contributed by atoms with Crippen LogP contribution in [-0.2, 0) is 37.1 Å². The molecule has 8 nitrogen and oxygen atoms in total. The predicted molar refractivity (Wildman–Crippen MR) is 73.2 cm³/mol. The highest BCUT2D eigenvalue weighted by molar-refractivity contribution is 7.89. The van der Waals surface area contributed by atoms with E-state index in [2.05, 4.69) is 14.9 Å². The maximum atomic E-state index is 12.1. The molecule has 3 N–H and O–H groups in total. The van der Waals surface area contributed by atoms with Crippen molar-refractivity contribution in [2.45, 2.75) is 17.9 Å². The van der Waals surface area contributed by atoms with E-state index in [9.17, 15) is 8.42 Å². The Bertz CT molecular complexity index is 688. The van der Waals surface area contributed by atoms with Crippen LogP contribution in [0.25, 0.3) is 0 Å². The normalized spacial score (nSPS) is 11.9. The number of hydrogen-bond acceptors (Lipinski definition) is 5. The van der Waals surface area contributed by atoms with E-state index in [1.54, 1.807) is 34.8 Å². The van der Waals surface area contributed by atoms with E-state index in [1.807, 2.05) is 7.05 Å². The van der Waals surface area contributed by atoms with Crippen LogP contribution in [0.3, 0.4) is 0 Å². The second kappa shape index (κ2) is 5.73. The van der Waals surface area contributed by atoms with Gasteiger partial charge in [0.25, 0.3) is 0 Å². The molecule has 0 aliphatic rings. The van der Waals surface area contributed by atoms with Crippen LogP contribution in [-0.4, -0.2) is 34.3 Å². The fourth-order valence-electron chi connectivity index (χ4n) is 1.84. The molecule has 0 saturated carbocycles. The molecule has 2 heterocycles. The number of nitrogens with two attached hydrogens (primary N) is 1. The first-order valence-corrected chi connectivity index (χ1v) is 7.60. The molecule has 20 heavy (non-hydrogen) atoms. The number of nitrogens with one attached hydrogen (secondary N) is 1. The average Bonchev–Trinajstić information content (AvgIpc) is 2.96. The van der Waals surface area contributed by atoms with Crippen molar-refractivity contribution in [1.29, 1.82) is 0 Å². The topological polar surface area (TPSA) is 108 Å². The summed E-state index contributed by atoms with van der Waals surface area (Å²) in [7, 11) is 0.0568. The molecule has 0 atom stereocenters. The number of rotatable bonds is 6. The highest BCUT2D eigenvalue weighted by atomic mass is 32.2. The summed E-state index contributed by atoms with van der Waals surface area (Å²) in [6.45, 7) is 0.562. The maximum Gasteiger partial charge on any atom is 0.242 e. The summed E-state index contributed by atoms with van der Waals surface area (Å²) in [5, 5.41) is 7.64. The summed E-state index contributed by atoms with van der Waals surface area (Å²) in [5.41, 5.74) is 6.30. The lowest BCUT2D eigenvalue weighted by atomic mass is 10.4. The minimum absolute atomic E-state index is 0.221. The molecular formula is C11H18N6O2S. The van der Waals surface area contributed by atoms with Gasteiger partial charge in [0, 0.05) is 45.5 Å². The number of hydrogen-bond donors (Lipinski definition) is 2. The summed E-state index contributed by atoms with van der Waals surface area (Å²) >= 11 is 0. The van der Waals surface area contributed by atoms with Crippen molar-refractivity contribution in [3.63, 3.8) is 0 Å². The van der Waals surface area contributed by atoms with Crippen molar-refractivity contribution in [2.75, 3.05) is 6.54 Å². The zero-order valence-electron chi connectivity index (χ0n) is 11.4. The molecule has 0 saturated heterocycles. The SMILES string of the molecule is Cn1cc(S(=O)(=O)NCCc2nncn2C)cc1CN. The molecule has 0 spiro atoms. The first kappa shape index (κ1) is 14.7. The van der Waals surface area contributed by atoms with Gasteiger partial charge in [-0.05, 0) is 6.07 Å². The van der Waals surface area contributed by atoms with Crippen LogP contribution in [0.2, 0.25) is 0 Å². The minimum atomic E-state index is -3.52. The summed E-state index contributed by atoms with van der Waals surface area (Å²) in [5.74, 6) is 0.725. The molecule has 2 rings (SSSR count). The lowest BCUT2D eigenvalue weighted by molar-refractivity contribution is 0.580. The van der Waals surface area contributed by atoms with Gasteiger partial charge in [0.15, 0.2) is 0 Å². The van der Waals surface area contributed by atoms with Crippen molar-refractivity contribution in [2.24, 2.45) is 19.8 Å². The second-order valence-corrected chi connectivity index (χ2v) is 6.25. The molecule has 110 valence electrons. The van der Waals surface area contributed by atoms with E-state index >= 15 is 0 Å². The first-order valence-electron chi connectivity index (χ1n) is 6.12. The van der Waals surface area contributed by atoms with E-state index in [0.717, 1.165) is 11.5 Å². The van der Waals surface area contributed by atoms with Gasteiger partial charge in [0.2, 0.25) is 10.0 Å². The monoisotopic (exact) mass is 298 g/mol. The second-order valence-electron chi connectivity index (χ2n) is 4.49. The van der Waals surface area contributed by atoms with Gasteiger partial charge < -0.3 is 14.9 Å². The summed E-state index contributed by atoms with van der Waals surface area (Å²) in [6, 6.07) is 1.57. The fourth-order valence-corrected chi connectivity index (χ4v) is 2.97. The average molecular weight is 298 g/mol. The van der Waals surface area contributed by atoms with Crippen LogP contribution in [0.15, 0.2) is 23.5 Å². The molecule has 0 fully saturated rings. The third kappa shape index (κ3) is 3.06. The molecule has 9 heteroatoms. The lowest BCUT2D eigenvalue weighted by Crippen LogP contribution is -2.26. The number of sulfonamides is 1. The Hall–Kier alpha value is -1.71. The molecule has 0 unspecified atom stereocenters. The Morgan fingerprint density at radius 2 is 2.10 bits per heavy atom. The van der Waals surface area contributed by atoms with E-state index in [1.165, 1.54) is 0 Å². The Balaban J connectivity index is 2.02. The Labute approximate surface area is 117 Å². The van der Waals surface area contributed by atoms with E-state index < -0.39 is 10.0 Å². The third-order valence-electron chi connectivity index (χ3n) is 3.05. The van der Waals surface area contributed by atoms with Gasteiger partial charge in [-0.3, -0.25) is 0 Å². The predicted octanol–water partition coefficient (Wildman–Crippen LogP) is -0.867. The van der Waals surface area contributed by atoms with Crippen molar-refractivity contribution in [3.8, 4) is 0 Å². The highest BCUT2D eigenvalue weighted by Gasteiger charge is 2.17. The van der Waals surface area contributed by atoms with E-state index in [0.29, 0.717) is 13.0 Å². The molecule has 2 aromatic rings. The third-order valence-corrected chi connectivity index (χ3v) is 4.48. The Morgan fingerprint density at radius 3 is 2.65 bits per heavy atom. The van der Waals surface area contributed by atoms with Gasteiger partial charge >= 0.3 is 0 Å². The molecular weight excluding hydrogens is 280 g/mol. The van der Waals surface area contributed by atoms with Crippen molar-refractivity contribution in [1.82, 2.24) is 24.1 Å². The molecule has 0 aliphatic heterocycles. The minimum Gasteiger partial charge on any atom is -0.352 e. The highest BCUT2D eigenvalue weighted by Crippen LogP contribution is 2.12. The zero-order chi connectivity index (χ0) is 14.8. The van der Waals surface area contributed by atoms with Crippen LogP contribution in [0, 0.1) is 0 Å². The standard InChI is InChI=1S/C11H18N6O2S/c1-16-7-10(5-9(16)6-12)20(18,19)14-4-3-11-15-13-8-17(11)2/h5,7-8,14H,3-4,6,12H2,1-2H3. The number of aromatic nitrogens is 4. The summed E-state index contributed by atoms with van der Waals surface area (Å²) < 4.78 is 30.2. The van der Waals surface area contributed by atoms with Gasteiger partial charge in [-0.2, -0.15) is 0 Å². The Kier molecular flexibility index (Phi) is 4.21. The smallest absolute Gasteiger partial charge is 0.242 e. The van der Waals surface area contributed by atoms with Gasteiger partial charge in [-0.15, -0.1) is 10.2 Å². The zero-order valence-corrected chi connectivity index (χ0v) is 12.3. The van der Waals surface area contributed by atoms with Crippen molar-refractivity contribution < 1.29 is 8.42 Å². The van der Waals surface area contributed by atoms with Crippen molar-refractivity contribution >= 4 is 10.0 Å². The summed E-state index contributed by atoms with van der Waals surface area (Å²) in [6.07, 6.45) is 3.60. The quantitative estimate of drug-likeness (QED) is 0.721. The molecule has 0 aromatic carbocycles. The Morgan fingerprint density at radius 1 is 1.35 bits per heavy atom. The molecule has 0 radical (unpaired) electrons. The maximum absolute atomic E-state index is 12.1. The van der Waals surface area contributed by atoms with Crippen molar-refractivity contribution in [3.05, 3.63) is 30.1 Å². The van der Waals surface area contributed by atoms with Gasteiger partial charge in [0.05, 0.1) is 4.90 Å². The fraction of sp³-hybridized carbons (Fsp3) is 0.455. The van der Waals surface area contributed by atoms with E-state index in [-0.39, 0.29) is 11.4 Å². The van der Waals surface area contributed by atoms with E-state index in [4.69, 9.17) is 5.73 Å². The van der Waals surface area contributed by atoms with Crippen LogP contribution < -0.4 is 10.5 Å². The first-order chi connectivity index (χ1) is 9.44. The molecule has 0 aliphatic carbocycles. The van der Waals surface area contributed by atoms with Crippen LogP contribution in [0.5, 0.6) is 0 Å². The van der Waals surface area contributed by atoms with Gasteiger partial charge in [-0.25, -0.2) is 13.1 Å². The van der Waals surface area contributed by atoms with Gasteiger partial charge in [-0.1, -0.05) is 0 Å². The number of nitrogens with zero attached hydrogens (tertiary/aromatic N) is 4. The summed E-state index contributed by atoms with van der Waals surface area (Å²) in [4.78, 5) is 0.221. The molecule has 0 bridgehead atoms. The van der Waals surface area contributed by atoms with Crippen LogP contribution in [0.1, 0.15) is 11.5 Å². The number of aryl methyl sites for hydroxylation is 2.